The first-order valence-electron chi connectivity index (χ1n) is 9.30. The van der Waals surface area contributed by atoms with Gasteiger partial charge in [-0.05, 0) is 31.0 Å². The second-order valence-electron chi connectivity index (χ2n) is 6.20. The van der Waals surface area contributed by atoms with Gasteiger partial charge in [0.05, 0.1) is 5.56 Å². The SMILES string of the molecule is CCOCCCNC(=O)[C@@H](NC(=O)c1cccc2c1OCO2)c1ccccc1. The Morgan fingerprint density at radius 3 is 2.71 bits per heavy atom. The third kappa shape index (κ3) is 4.80. The van der Waals surface area contributed by atoms with Crippen LogP contribution in [0.15, 0.2) is 48.5 Å². The van der Waals surface area contributed by atoms with Crippen LogP contribution in [0.2, 0.25) is 0 Å². The van der Waals surface area contributed by atoms with Crippen LogP contribution in [-0.2, 0) is 9.53 Å². The Balaban J connectivity index is 1.72. The lowest BCUT2D eigenvalue weighted by atomic mass is 10.0. The molecule has 7 heteroatoms. The number of hydrogen-bond acceptors (Lipinski definition) is 5. The van der Waals surface area contributed by atoms with E-state index in [1.807, 2.05) is 25.1 Å². The highest BCUT2D eigenvalue weighted by Gasteiger charge is 2.27. The monoisotopic (exact) mass is 384 g/mol. The second kappa shape index (κ2) is 9.75. The van der Waals surface area contributed by atoms with Crippen LogP contribution in [-0.4, -0.2) is 38.4 Å². The Morgan fingerprint density at radius 1 is 1.11 bits per heavy atom. The molecule has 0 unspecified atom stereocenters. The molecule has 0 radical (unpaired) electrons. The van der Waals surface area contributed by atoms with E-state index in [1.54, 1.807) is 30.3 Å². The van der Waals surface area contributed by atoms with Crippen molar-refractivity contribution in [2.75, 3.05) is 26.6 Å². The molecule has 2 aromatic carbocycles. The minimum absolute atomic E-state index is 0.0715. The van der Waals surface area contributed by atoms with Gasteiger partial charge in [-0.1, -0.05) is 36.4 Å². The number of para-hydroxylation sites is 1. The summed E-state index contributed by atoms with van der Waals surface area (Å²) >= 11 is 0. The second-order valence-corrected chi connectivity index (χ2v) is 6.20. The Bertz CT molecular complexity index is 810. The van der Waals surface area contributed by atoms with Crippen molar-refractivity contribution in [1.29, 1.82) is 0 Å². The van der Waals surface area contributed by atoms with Gasteiger partial charge in [0.1, 0.15) is 6.04 Å². The van der Waals surface area contributed by atoms with Gasteiger partial charge in [-0.2, -0.15) is 0 Å². The van der Waals surface area contributed by atoms with E-state index in [9.17, 15) is 9.59 Å². The van der Waals surface area contributed by atoms with Crippen LogP contribution >= 0.6 is 0 Å². The zero-order valence-electron chi connectivity index (χ0n) is 15.8. The van der Waals surface area contributed by atoms with Crippen LogP contribution in [0.25, 0.3) is 0 Å². The number of carbonyl (C=O) groups is 2. The first-order valence-corrected chi connectivity index (χ1v) is 9.30. The van der Waals surface area contributed by atoms with Crippen molar-refractivity contribution in [2.24, 2.45) is 0 Å². The van der Waals surface area contributed by atoms with Crippen LogP contribution in [0.4, 0.5) is 0 Å². The van der Waals surface area contributed by atoms with Crippen molar-refractivity contribution < 1.29 is 23.8 Å². The molecule has 1 atom stereocenters. The smallest absolute Gasteiger partial charge is 0.256 e. The fourth-order valence-corrected chi connectivity index (χ4v) is 2.90. The summed E-state index contributed by atoms with van der Waals surface area (Å²) in [5.41, 5.74) is 1.03. The van der Waals surface area contributed by atoms with Crippen molar-refractivity contribution in [3.63, 3.8) is 0 Å². The molecule has 0 bridgehead atoms. The number of ether oxygens (including phenoxy) is 3. The van der Waals surface area contributed by atoms with E-state index in [-0.39, 0.29) is 12.7 Å². The molecule has 1 aliphatic rings. The highest BCUT2D eigenvalue weighted by molar-refractivity contribution is 6.00. The lowest BCUT2D eigenvalue weighted by Crippen LogP contribution is -2.41. The molecular weight excluding hydrogens is 360 g/mol. The van der Waals surface area contributed by atoms with Gasteiger partial charge in [-0.3, -0.25) is 9.59 Å². The van der Waals surface area contributed by atoms with Crippen LogP contribution in [0.5, 0.6) is 11.5 Å². The van der Waals surface area contributed by atoms with E-state index < -0.39 is 11.9 Å². The van der Waals surface area contributed by atoms with E-state index in [0.717, 1.165) is 0 Å². The molecule has 7 nitrogen and oxygen atoms in total. The van der Waals surface area contributed by atoms with Crippen molar-refractivity contribution in [1.82, 2.24) is 10.6 Å². The van der Waals surface area contributed by atoms with Crippen LogP contribution < -0.4 is 20.1 Å². The molecule has 28 heavy (non-hydrogen) atoms. The zero-order chi connectivity index (χ0) is 19.8. The lowest BCUT2D eigenvalue weighted by Gasteiger charge is -2.19. The number of benzene rings is 2. The van der Waals surface area contributed by atoms with Crippen LogP contribution in [0, 0.1) is 0 Å². The summed E-state index contributed by atoms with van der Waals surface area (Å²) in [6, 6.07) is 13.4. The minimum Gasteiger partial charge on any atom is -0.454 e. The Hall–Kier alpha value is -3.06. The van der Waals surface area contributed by atoms with E-state index in [1.165, 1.54) is 0 Å². The van der Waals surface area contributed by atoms with Gasteiger partial charge in [0.2, 0.25) is 12.7 Å². The molecule has 0 spiro atoms. The van der Waals surface area contributed by atoms with Crippen molar-refractivity contribution >= 4 is 11.8 Å². The molecule has 3 rings (SSSR count). The van der Waals surface area contributed by atoms with Crippen molar-refractivity contribution in [3.05, 3.63) is 59.7 Å². The first-order chi connectivity index (χ1) is 13.7. The standard InChI is InChI=1S/C21H24N2O5/c1-2-26-13-7-12-22-21(25)18(15-8-4-3-5-9-15)23-20(24)16-10-6-11-17-19(16)28-14-27-17/h3-6,8-11,18H,2,7,12-14H2,1H3,(H,22,25)(H,23,24)/t18-/m0/s1. The largest absolute Gasteiger partial charge is 0.454 e. The molecule has 2 N–H and O–H groups in total. The topological polar surface area (TPSA) is 85.9 Å². The molecule has 1 heterocycles. The summed E-state index contributed by atoms with van der Waals surface area (Å²) in [5, 5.41) is 5.67. The molecule has 2 aromatic rings. The number of rotatable bonds is 9. The maximum absolute atomic E-state index is 12.9. The molecule has 148 valence electrons. The van der Waals surface area contributed by atoms with Crippen molar-refractivity contribution in [3.8, 4) is 11.5 Å². The number of hydrogen-bond donors (Lipinski definition) is 2. The molecule has 1 aliphatic heterocycles. The molecule has 0 saturated carbocycles. The fraction of sp³-hybridized carbons (Fsp3) is 0.333. The summed E-state index contributed by atoms with van der Waals surface area (Å²) in [4.78, 5) is 25.6. The number of carbonyl (C=O) groups excluding carboxylic acids is 2. The number of nitrogens with one attached hydrogen (secondary N) is 2. The van der Waals surface area contributed by atoms with Gasteiger partial charge >= 0.3 is 0 Å². The summed E-state index contributed by atoms with van der Waals surface area (Å²) < 4.78 is 16.0. The molecule has 0 aliphatic carbocycles. The normalized spacial score (nSPS) is 13.0. The highest BCUT2D eigenvalue weighted by Crippen LogP contribution is 2.35. The molecule has 0 aromatic heterocycles. The fourth-order valence-electron chi connectivity index (χ4n) is 2.90. The molecular formula is C21H24N2O5. The van der Waals surface area contributed by atoms with Crippen molar-refractivity contribution in [2.45, 2.75) is 19.4 Å². The molecule has 2 amide bonds. The van der Waals surface area contributed by atoms with Gasteiger partial charge < -0.3 is 24.8 Å². The van der Waals surface area contributed by atoms with E-state index in [4.69, 9.17) is 14.2 Å². The van der Waals surface area contributed by atoms with Crippen LogP contribution in [0.1, 0.15) is 35.3 Å². The summed E-state index contributed by atoms with van der Waals surface area (Å²) in [6.45, 7) is 3.68. The predicted octanol–water partition coefficient (Wildman–Crippen LogP) is 2.43. The van der Waals surface area contributed by atoms with Gasteiger partial charge in [0.15, 0.2) is 11.5 Å². The Labute approximate surface area is 164 Å². The Morgan fingerprint density at radius 2 is 1.93 bits per heavy atom. The third-order valence-electron chi connectivity index (χ3n) is 4.28. The summed E-state index contributed by atoms with van der Waals surface area (Å²) in [6.07, 6.45) is 0.701. The minimum atomic E-state index is -0.820. The number of amides is 2. The maximum Gasteiger partial charge on any atom is 0.256 e. The quantitative estimate of drug-likeness (QED) is 0.649. The Kier molecular flexibility index (Phi) is 6.86. The highest BCUT2D eigenvalue weighted by atomic mass is 16.7. The summed E-state index contributed by atoms with van der Waals surface area (Å²) in [7, 11) is 0. The maximum atomic E-state index is 12.9. The third-order valence-corrected chi connectivity index (χ3v) is 4.28. The zero-order valence-corrected chi connectivity index (χ0v) is 15.8. The summed E-state index contributed by atoms with van der Waals surface area (Å²) in [5.74, 6) is 0.231. The first kappa shape index (κ1) is 19.7. The molecule has 0 fully saturated rings. The van der Waals surface area contributed by atoms with E-state index >= 15 is 0 Å². The average Bonchev–Trinajstić information content (AvgIpc) is 3.21. The van der Waals surface area contributed by atoms with Crippen LogP contribution in [0.3, 0.4) is 0 Å². The average molecular weight is 384 g/mol. The van der Waals surface area contributed by atoms with E-state index in [0.29, 0.717) is 48.8 Å². The lowest BCUT2D eigenvalue weighted by molar-refractivity contribution is -0.123. The predicted molar refractivity (Wildman–Crippen MR) is 103 cm³/mol. The van der Waals surface area contributed by atoms with E-state index in [2.05, 4.69) is 10.6 Å². The molecule has 0 saturated heterocycles. The number of fused-ring (bicyclic) bond motifs is 1. The van der Waals surface area contributed by atoms with Gasteiger partial charge in [0, 0.05) is 19.8 Å². The van der Waals surface area contributed by atoms with Gasteiger partial charge in [-0.25, -0.2) is 0 Å². The van der Waals surface area contributed by atoms with Gasteiger partial charge in [-0.15, -0.1) is 0 Å². The van der Waals surface area contributed by atoms with Gasteiger partial charge in [0.25, 0.3) is 5.91 Å².